The van der Waals surface area contributed by atoms with Gasteiger partial charge in [0.15, 0.2) is 0 Å². The van der Waals surface area contributed by atoms with E-state index in [9.17, 15) is 0 Å². The normalized spacial score (nSPS) is 11.5. The predicted molar refractivity (Wildman–Crippen MR) is 81.2 cm³/mol. The maximum absolute atomic E-state index is 5.38. The summed E-state index contributed by atoms with van der Waals surface area (Å²) in [7, 11) is 1.72. The fourth-order valence-corrected chi connectivity index (χ4v) is 2.55. The minimum atomic E-state index is 0.529. The van der Waals surface area contributed by atoms with Gasteiger partial charge in [-0.25, -0.2) is 0 Å². The fraction of sp³-hybridized carbons (Fsp3) is 0.500. The van der Waals surface area contributed by atoms with E-state index in [1.165, 1.54) is 27.7 Å². The van der Waals surface area contributed by atoms with Crippen molar-refractivity contribution in [2.45, 2.75) is 40.2 Å². The Hall–Kier alpha value is -1.48. The maximum atomic E-state index is 5.38. The van der Waals surface area contributed by atoms with Crippen molar-refractivity contribution in [2.75, 3.05) is 13.7 Å². The Labute approximate surface area is 115 Å². The zero-order chi connectivity index (χ0) is 14.0. The molecule has 0 bridgehead atoms. The molecular formula is C16H24N2O. The molecule has 3 heteroatoms. The molecule has 1 heterocycles. The van der Waals surface area contributed by atoms with Crippen LogP contribution >= 0.6 is 0 Å². The number of H-pyrrole nitrogens is 1. The van der Waals surface area contributed by atoms with Gasteiger partial charge in [-0.3, -0.25) is 0 Å². The molecule has 3 nitrogen and oxygen atoms in total. The van der Waals surface area contributed by atoms with Crippen LogP contribution in [0.25, 0.3) is 10.9 Å². The van der Waals surface area contributed by atoms with E-state index in [0.29, 0.717) is 6.04 Å². The molecule has 0 spiro atoms. The molecule has 0 radical (unpaired) electrons. The number of nitrogens with one attached hydrogen (secondary N) is 2. The second kappa shape index (κ2) is 5.66. The van der Waals surface area contributed by atoms with Crippen molar-refractivity contribution in [3.63, 3.8) is 0 Å². The summed E-state index contributed by atoms with van der Waals surface area (Å²) in [6.07, 6.45) is 1.04. The molecule has 1 aromatic heterocycles. The minimum absolute atomic E-state index is 0.529. The summed E-state index contributed by atoms with van der Waals surface area (Å²) in [6.45, 7) is 9.62. The Morgan fingerprint density at radius 2 is 2.00 bits per heavy atom. The summed E-state index contributed by atoms with van der Waals surface area (Å²) in [4.78, 5) is 3.50. The van der Waals surface area contributed by atoms with Gasteiger partial charge in [0, 0.05) is 22.6 Å². The molecule has 0 aliphatic heterocycles. The molecule has 0 fully saturated rings. The van der Waals surface area contributed by atoms with Crippen LogP contribution in [0.1, 0.15) is 30.7 Å². The van der Waals surface area contributed by atoms with E-state index in [1.54, 1.807) is 7.11 Å². The van der Waals surface area contributed by atoms with Crippen LogP contribution in [0, 0.1) is 13.8 Å². The smallest absolute Gasteiger partial charge is 0.119 e. The highest BCUT2D eigenvalue weighted by Crippen LogP contribution is 2.29. The van der Waals surface area contributed by atoms with Crippen LogP contribution in [0.15, 0.2) is 12.1 Å². The van der Waals surface area contributed by atoms with Crippen LogP contribution < -0.4 is 10.1 Å². The lowest BCUT2D eigenvalue weighted by Gasteiger charge is -2.08. The Kier molecular flexibility index (Phi) is 4.15. The van der Waals surface area contributed by atoms with Crippen molar-refractivity contribution in [2.24, 2.45) is 0 Å². The van der Waals surface area contributed by atoms with Crippen molar-refractivity contribution in [3.05, 3.63) is 29.0 Å². The maximum Gasteiger partial charge on any atom is 0.119 e. The molecule has 0 aliphatic rings. The van der Waals surface area contributed by atoms with Crippen molar-refractivity contribution in [1.29, 1.82) is 0 Å². The number of hydrogen-bond acceptors (Lipinski definition) is 2. The van der Waals surface area contributed by atoms with Crippen LogP contribution in [0.5, 0.6) is 5.75 Å². The fourth-order valence-electron chi connectivity index (χ4n) is 2.55. The molecule has 0 atom stereocenters. The van der Waals surface area contributed by atoms with Gasteiger partial charge in [-0.15, -0.1) is 0 Å². The Bertz CT molecular complexity index is 570. The highest BCUT2D eigenvalue weighted by molar-refractivity contribution is 5.88. The van der Waals surface area contributed by atoms with Crippen LogP contribution in [0.4, 0.5) is 0 Å². The largest absolute Gasteiger partial charge is 0.497 e. The number of hydrogen-bond donors (Lipinski definition) is 2. The van der Waals surface area contributed by atoms with E-state index in [1.807, 2.05) is 0 Å². The first-order chi connectivity index (χ1) is 9.02. The van der Waals surface area contributed by atoms with Gasteiger partial charge >= 0.3 is 0 Å². The SMILES string of the molecule is COc1cc(C)c2[nH]c(C)c(CCNC(C)C)c2c1. The summed E-state index contributed by atoms with van der Waals surface area (Å²) < 4.78 is 5.38. The number of benzene rings is 1. The Balaban J connectivity index is 2.36. The van der Waals surface area contributed by atoms with Crippen molar-refractivity contribution < 1.29 is 4.74 Å². The summed E-state index contributed by atoms with van der Waals surface area (Å²) >= 11 is 0. The highest BCUT2D eigenvalue weighted by Gasteiger charge is 2.11. The second-order valence-corrected chi connectivity index (χ2v) is 5.45. The van der Waals surface area contributed by atoms with E-state index >= 15 is 0 Å². The first-order valence-corrected chi connectivity index (χ1v) is 6.92. The first-order valence-electron chi connectivity index (χ1n) is 6.92. The quantitative estimate of drug-likeness (QED) is 0.865. The molecule has 2 aromatic rings. The van der Waals surface area contributed by atoms with Crippen molar-refractivity contribution in [3.8, 4) is 5.75 Å². The van der Waals surface area contributed by atoms with Crippen LogP contribution in [0.2, 0.25) is 0 Å². The van der Waals surface area contributed by atoms with E-state index < -0.39 is 0 Å². The summed E-state index contributed by atoms with van der Waals surface area (Å²) in [5, 5.41) is 4.77. The lowest BCUT2D eigenvalue weighted by atomic mass is 10.1. The van der Waals surface area contributed by atoms with E-state index in [0.717, 1.165) is 18.7 Å². The molecule has 2 rings (SSSR count). The van der Waals surface area contributed by atoms with Gasteiger partial charge in [0.05, 0.1) is 7.11 Å². The highest BCUT2D eigenvalue weighted by atomic mass is 16.5. The average Bonchev–Trinajstić information content (AvgIpc) is 2.66. The standard InChI is InChI=1S/C16H24N2O/c1-10(2)17-7-6-14-12(4)18-16-11(3)8-13(19-5)9-15(14)16/h8-10,17-18H,6-7H2,1-5H3. The second-order valence-electron chi connectivity index (χ2n) is 5.45. The van der Waals surface area contributed by atoms with E-state index in [-0.39, 0.29) is 0 Å². The number of aromatic amines is 1. The Morgan fingerprint density at radius 1 is 1.26 bits per heavy atom. The topological polar surface area (TPSA) is 37.0 Å². The molecule has 104 valence electrons. The van der Waals surface area contributed by atoms with Crippen LogP contribution in [-0.2, 0) is 6.42 Å². The Morgan fingerprint density at radius 3 is 2.63 bits per heavy atom. The molecule has 19 heavy (non-hydrogen) atoms. The molecular weight excluding hydrogens is 236 g/mol. The number of aryl methyl sites for hydroxylation is 2. The predicted octanol–water partition coefficient (Wildman–Crippen LogP) is 3.33. The summed E-state index contributed by atoms with van der Waals surface area (Å²) in [6, 6.07) is 4.74. The lowest BCUT2D eigenvalue weighted by molar-refractivity contribution is 0.415. The molecule has 1 aromatic carbocycles. The van der Waals surface area contributed by atoms with Gasteiger partial charge in [-0.05, 0) is 50.1 Å². The summed E-state index contributed by atoms with van der Waals surface area (Å²) in [5.41, 5.74) is 5.13. The third-order valence-corrected chi connectivity index (χ3v) is 3.56. The molecule has 2 N–H and O–H groups in total. The molecule has 0 amide bonds. The molecule has 0 saturated heterocycles. The molecule has 0 saturated carbocycles. The molecule has 0 aliphatic carbocycles. The van der Waals surface area contributed by atoms with Gasteiger partial charge in [0.2, 0.25) is 0 Å². The van der Waals surface area contributed by atoms with Gasteiger partial charge < -0.3 is 15.0 Å². The van der Waals surface area contributed by atoms with Crippen molar-refractivity contribution in [1.82, 2.24) is 10.3 Å². The van der Waals surface area contributed by atoms with Gasteiger partial charge in [0.1, 0.15) is 5.75 Å². The lowest BCUT2D eigenvalue weighted by Crippen LogP contribution is -2.25. The number of ether oxygens (including phenoxy) is 1. The average molecular weight is 260 g/mol. The number of methoxy groups -OCH3 is 1. The van der Waals surface area contributed by atoms with Gasteiger partial charge in [-0.1, -0.05) is 13.8 Å². The zero-order valence-corrected chi connectivity index (χ0v) is 12.6. The number of aromatic nitrogens is 1. The monoisotopic (exact) mass is 260 g/mol. The number of rotatable bonds is 5. The zero-order valence-electron chi connectivity index (χ0n) is 12.6. The van der Waals surface area contributed by atoms with Gasteiger partial charge in [-0.2, -0.15) is 0 Å². The third-order valence-electron chi connectivity index (χ3n) is 3.56. The molecule has 0 unspecified atom stereocenters. The van der Waals surface area contributed by atoms with Crippen molar-refractivity contribution >= 4 is 10.9 Å². The number of fused-ring (bicyclic) bond motifs is 1. The van der Waals surface area contributed by atoms with Crippen LogP contribution in [0.3, 0.4) is 0 Å². The van der Waals surface area contributed by atoms with Crippen LogP contribution in [-0.4, -0.2) is 24.7 Å². The van der Waals surface area contributed by atoms with E-state index in [2.05, 4.69) is 50.1 Å². The first kappa shape index (κ1) is 13.9. The van der Waals surface area contributed by atoms with E-state index in [4.69, 9.17) is 4.74 Å². The summed E-state index contributed by atoms with van der Waals surface area (Å²) in [5.74, 6) is 0.932. The minimum Gasteiger partial charge on any atom is -0.497 e. The third kappa shape index (κ3) is 2.92. The van der Waals surface area contributed by atoms with Gasteiger partial charge in [0.25, 0.3) is 0 Å².